The van der Waals surface area contributed by atoms with Crippen molar-refractivity contribution in [3.63, 3.8) is 0 Å². The molecule has 3 rings (SSSR count). The third kappa shape index (κ3) is 3.37. The lowest BCUT2D eigenvalue weighted by Crippen LogP contribution is -2.28. The Balaban J connectivity index is 0.00000176. The first kappa shape index (κ1) is 16.3. The van der Waals surface area contributed by atoms with Gasteiger partial charge in [0.2, 0.25) is 5.88 Å². The predicted molar refractivity (Wildman–Crippen MR) is 83.2 cm³/mol. The number of H-pyrrole nitrogens is 1. The molecule has 1 aliphatic heterocycles. The van der Waals surface area contributed by atoms with Gasteiger partial charge in [0.1, 0.15) is 0 Å². The van der Waals surface area contributed by atoms with E-state index in [0.29, 0.717) is 24.7 Å². The summed E-state index contributed by atoms with van der Waals surface area (Å²) in [7, 11) is 1.57. The number of fused-ring (bicyclic) bond motifs is 1. The number of aromatic amines is 1. The number of hydrogen-bond donors (Lipinski definition) is 3. The Morgan fingerprint density at radius 1 is 1.45 bits per heavy atom. The highest BCUT2D eigenvalue weighted by Gasteiger charge is 2.21. The van der Waals surface area contributed by atoms with Crippen LogP contribution < -0.4 is 15.4 Å². The maximum atomic E-state index is 12.2. The standard InChI is InChI=1S/C14H17N5O2.ClH/c1-21-12-3-2-9(6-16-12)7-17-14(20)13-10-8-15-5-4-11(10)18-19-13;/h2-3,6,15H,4-5,7-8H2,1H3,(H,17,20)(H,18,19);1H. The Kier molecular flexibility index (Phi) is 5.35. The second kappa shape index (κ2) is 7.24. The topological polar surface area (TPSA) is 91.9 Å². The van der Waals surface area contributed by atoms with Crippen molar-refractivity contribution in [1.29, 1.82) is 0 Å². The summed E-state index contributed by atoms with van der Waals surface area (Å²) >= 11 is 0. The number of halogens is 1. The van der Waals surface area contributed by atoms with Crippen LogP contribution >= 0.6 is 12.4 Å². The molecule has 0 unspecified atom stereocenters. The van der Waals surface area contributed by atoms with Gasteiger partial charge in [-0.2, -0.15) is 5.10 Å². The van der Waals surface area contributed by atoms with Gasteiger partial charge in [0.15, 0.2) is 5.69 Å². The molecule has 118 valence electrons. The smallest absolute Gasteiger partial charge is 0.272 e. The lowest BCUT2D eigenvalue weighted by molar-refractivity contribution is 0.0944. The summed E-state index contributed by atoms with van der Waals surface area (Å²) in [6, 6.07) is 3.63. The van der Waals surface area contributed by atoms with Crippen molar-refractivity contribution in [2.24, 2.45) is 0 Å². The van der Waals surface area contributed by atoms with Crippen LogP contribution in [0.2, 0.25) is 0 Å². The molecule has 2 aromatic heterocycles. The summed E-state index contributed by atoms with van der Waals surface area (Å²) in [6.45, 7) is 2.00. The molecule has 0 fully saturated rings. The van der Waals surface area contributed by atoms with Gasteiger partial charge < -0.3 is 15.4 Å². The highest BCUT2D eigenvalue weighted by atomic mass is 35.5. The molecular weight excluding hydrogens is 306 g/mol. The van der Waals surface area contributed by atoms with Gasteiger partial charge in [-0.15, -0.1) is 12.4 Å². The van der Waals surface area contributed by atoms with Crippen molar-refractivity contribution in [3.8, 4) is 5.88 Å². The Labute approximate surface area is 134 Å². The van der Waals surface area contributed by atoms with Crippen molar-refractivity contribution in [2.75, 3.05) is 13.7 Å². The van der Waals surface area contributed by atoms with E-state index in [4.69, 9.17) is 4.74 Å². The first-order valence-corrected chi connectivity index (χ1v) is 6.82. The van der Waals surface area contributed by atoms with Crippen LogP contribution in [-0.4, -0.2) is 34.7 Å². The van der Waals surface area contributed by atoms with E-state index in [0.717, 1.165) is 29.8 Å². The van der Waals surface area contributed by atoms with E-state index in [2.05, 4.69) is 25.8 Å². The zero-order valence-corrected chi connectivity index (χ0v) is 13.0. The van der Waals surface area contributed by atoms with Gasteiger partial charge in [-0.05, 0) is 5.56 Å². The minimum atomic E-state index is -0.174. The van der Waals surface area contributed by atoms with Crippen LogP contribution in [0.5, 0.6) is 5.88 Å². The summed E-state index contributed by atoms with van der Waals surface area (Å²) in [5.41, 5.74) is 3.39. The Morgan fingerprint density at radius 3 is 3.05 bits per heavy atom. The lowest BCUT2D eigenvalue weighted by atomic mass is 10.1. The molecule has 0 aliphatic carbocycles. The minimum Gasteiger partial charge on any atom is -0.481 e. The number of pyridine rings is 1. The summed E-state index contributed by atoms with van der Waals surface area (Å²) in [5, 5.41) is 13.2. The molecule has 0 bridgehead atoms. The van der Waals surface area contributed by atoms with E-state index in [9.17, 15) is 4.79 Å². The van der Waals surface area contributed by atoms with Crippen LogP contribution in [0.4, 0.5) is 0 Å². The highest BCUT2D eigenvalue weighted by Crippen LogP contribution is 2.15. The van der Waals surface area contributed by atoms with Crippen LogP contribution in [0.1, 0.15) is 27.3 Å². The monoisotopic (exact) mass is 323 g/mol. The molecule has 0 aromatic carbocycles. The number of hydrogen-bond acceptors (Lipinski definition) is 5. The third-order valence-corrected chi connectivity index (χ3v) is 3.48. The van der Waals surface area contributed by atoms with E-state index in [1.807, 2.05) is 6.07 Å². The van der Waals surface area contributed by atoms with Gasteiger partial charge in [0.25, 0.3) is 5.91 Å². The zero-order valence-electron chi connectivity index (χ0n) is 12.2. The van der Waals surface area contributed by atoms with Crippen molar-refractivity contribution >= 4 is 18.3 Å². The highest BCUT2D eigenvalue weighted by molar-refractivity contribution is 5.94. The van der Waals surface area contributed by atoms with E-state index in [-0.39, 0.29) is 18.3 Å². The SMILES string of the molecule is COc1ccc(CNC(=O)c2n[nH]c3c2CNCC3)cn1.Cl. The average molecular weight is 324 g/mol. The normalized spacial score (nSPS) is 13.0. The van der Waals surface area contributed by atoms with Gasteiger partial charge in [0, 0.05) is 49.6 Å². The van der Waals surface area contributed by atoms with Crippen molar-refractivity contribution in [2.45, 2.75) is 19.5 Å². The zero-order chi connectivity index (χ0) is 14.7. The number of aromatic nitrogens is 3. The van der Waals surface area contributed by atoms with E-state index >= 15 is 0 Å². The lowest BCUT2D eigenvalue weighted by Gasteiger charge is -2.12. The van der Waals surface area contributed by atoms with Gasteiger partial charge >= 0.3 is 0 Å². The third-order valence-electron chi connectivity index (χ3n) is 3.48. The second-order valence-electron chi connectivity index (χ2n) is 4.85. The molecule has 0 saturated carbocycles. The summed E-state index contributed by atoms with van der Waals surface area (Å²) in [6.07, 6.45) is 2.55. The van der Waals surface area contributed by atoms with Crippen LogP contribution in [0, 0.1) is 0 Å². The van der Waals surface area contributed by atoms with Gasteiger partial charge in [0.05, 0.1) is 7.11 Å². The second-order valence-corrected chi connectivity index (χ2v) is 4.85. The molecular formula is C14H18ClN5O2. The van der Waals surface area contributed by atoms with Gasteiger partial charge in [-0.25, -0.2) is 4.98 Å². The summed E-state index contributed by atoms with van der Waals surface area (Å²) < 4.78 is 5.00. The Bertz CT molecular complexity index is 641. The first-order valence-electron chi connectivity index (χ1n) is 6.82. The molecule has 3 heterocycles. The largest absolute Gasteiger partial charge is 0.481 e. The fourth-order valence-electron chi connectivity index (χ4n) is 2.32. The number of methoxy groups -OCH3 is 1. The number of carbonyl (C=O) groups is 1. The Morgan fingerprint density at radius 2 is 2.32 bits per heavy atom. The van der Waals surface area contributed by atoms with Crippen LogP contribution in [0.15, 0.2) is 18.3 Å². The predicted octanol–water partition coefficient (Wildman–Crippen LogP) is 0.811. The molecule has 7 nitrogen and oxygen atoms in total. The number of ether oxygens (including phenoxy) is 1. The van der Waals surface area contributed by atoms with E-state index in [1.54, 1.807) is 19.4 Å². The molecule has 0 spiro atoms. The quantitative estimate of drug-likeness (QED) is 0.774. The summed E-state index contributed by atoms with van der Waals surface area (Å²) in [5.74, 6) is 0.379. The molecule has 3 N–H and O–H groups in total. The number of nitrogens with one attached hydrogen (secondary N) is 3. The first-order chi connectivity index (χ1) is 10.3. The number of rotatable bonds is 4. The fourth-order valence-corrected chi connectivity index (χ4v) is 2.32. The molecule has 1 aliphatic rings. The molecule has 22 heavy (non-hydrogen) atoms. The minimum absolute atomic E-state index is 0. The maximum absolute atomic E-state index is 12.2. The average Bonchev–Trinajstić information content (AvgIpc) is 2.97. The van der Waals surface area contributed by atoms with E-state index < -0.39 is 0 Å². The molecule has 8 heteroatoms. The number of nitrogens with zero attached hydrogens (tertiary/aromatic N) is 2. The number of amides is 1. The van der Waals surface area contributed by atoms with Crippen LogP contribution in [0.25, 0.3) is 0 Å². The molecule has 1 amide bonds. The summed E-state index contributed by atoms with van der Waals surface area (Å²) in [4.78, 5) is 16.3. The van der Waals surface area contributed by atoms with Crippen LogP contribution in [0.3, 0.4) is 0 Å². The molecule has 0 saturated heterocycles. The molecule has 0 atom stereocenters. The van der Waals surface area contributed by atoms with Crippen LogP contribution in [-0.2, 0) is 19.5 Å². The van der Waals surface area contributed by atoms with Crippen molar-refractivity contribution in [1.82, 2.24) is 25.8 Å². The molecule has 0 radical (unpaired) electrons. The van der Waals surface area contributed by atoms with Gasteiger partial charge in [-0.3, -0.25) is 9.89 Å². The Hall–Kier alpha value is -2.12. The van der Waals surface area contributed by atoms with Crippen molar-refractivity contribution in [3.05, 3.63) is 40.8 Å². The van der Waals surface area contributed by atoms with Gasteiger partial charge in [-0.1, -0.05) is 6.07 Å². The van der Waals surface area contributed by atoms with E-state index in [1.165, 1.54) is 0 Å². The number of carbonyl (C=O) groups excluding carboxylic acids is 1. The fraction of sp³-hybridized carbons (Fsp3) is 0.357. The molecule has 2 aromatic rings. The maximum Gasteiger partial charge on any atom is 0.272 e. The van der Waals surface area contributed by atoms with Crippen molar-refractivity contribution < 1.29 is 9.53 Å².